The smallest absolute Gasteiger partial charge is 0.168 e. The van der Waals surface area contributed by atoms with E-state index >= 15 is 0 Å². The third kappa shape index (κ3) is 4.89. The zero-order valence-electron chi connectivity index (χ0n) is 20.4. The maximum atomic E-state index is 6.51. The summed E-state index contributed by atoms with van der Waals surface area (Å²) in [6, 6.07) is 20.1. The molecule has 1 saturated heterocycles. The zero-order valence-corrected chi connectivity index (χ0v) is 20.4. The molecule has 36 heavy (non-hydrogen) atoms. The Morgan fingerprint density at radius 2 is 1.81 bits per heavy atom. The van der Waals surface area contributed by atoms with E-state index in [2.05, 4.69) is 26.3 Å². The van der Waals surface area contributed by atoms with Crippen LogP contribution in [0.4, 0.5) is 5.82 Å². The van der Waals surface area contributed by atoms with Gasteiger partial charge in [0.15, 0.2) is 5.82 Å². The number of fused-ring (bicyclic) bond motifs is 1. The van der Waals surface area contributed by atoms with Gasteiger partial charge in [0.2, 0.25) is 0 Å². The van der Waals surface area contributed by atoms with Crippen molar-refractivity contribution in [3.63, 3.8) is 0 Å². The minimum absolute atomic E-state index is 0.274. The summed E-state index contributed by atoms with van der Waals surface area (Å²) in [4.78, 5) is 20.1. The van der Waals surface area contributed by atoms with E-state index in [1.807, 2.05) is 61.6 Å². The number of benzene rings is 2. The molecule has 0 unspecified atom stereocenters. The molecule has 1 aliphatic heterocycles. The number of pyridine rings is 1. The summed E-state index contributed by atoms with van der Waals surface area (Å²) in [5, 5.41) is 4.37. The number of rotatable bonds is 8. The molecule has 0 atom stereocenters. The molecule has 3 N–H and O–H groups in total. The zero-order chi connectivity index (χ0) is 24.9. The standard InChI is InChI=1S/C28H29N7O/c1-30-15-24(19-11-13-32-14-12-19)27(29)20-7-9-22(10-8-20)36-18-26-33-25-6-4-3-5-23(25)28(34-26)35-16-21(17-35)31-2/h3-15,21,31H,16-18,29H2,1-2H3. The van der Waals surface area contributed by atoms with Crippen LogP contribution in [-0.2, 0) is 6.61 Å². The van der Waals surface area contributed by atoms with Gasteiger partial charge < -0.3 is 20.7 Å². The first kappa shape index (κ1) is 23.4. The molecular formula is C28H29N7O. The third-order valence-corrected chi connectivity index (χ3v) is 6.29. The minimum Gasteiger partial charge on any atom is -0.486 e. The van der Waals surface area contributed by atoms with Crippen LogP contribution in [-0.4, -0.2) is 54.4 Å². The third-order valence-electron chi connectivity index (χ3n) is 6.29. The number of nitrogens with one attached hydrogen (secondary N) is 1. The molecular weight excluding hydrogens is 450 g/mol. The number of ether oxygens (including phenoxy) is 1. The quantitative estimate of drug-likeness (QED) is 0.373. The number of hydrogen-bond acceptors (Lipinski definition) is 8. The Hall–Kier alpha value is -4.30. The van der Waals surface area contributed by atoms with E-state index in [0.29, 0.717) is 17.6 Å². The Kier molecular flexibility index (Phi) is 6.86. The first-order valence-electron chi connectivity index (χ1n) is 11.9. The SMILES string of the molecule is CN=CC(=C(N)c1ccc(OCc2nc(N3CC(NC)C3)c3ccccc3n2)cc1)c1ccncc1. The Labute approximate surface area is 210 Å². The van der Waals surface area contributed by atoms with E-state index in [0.717, 1.165) is 52.3 Å². The van der Waals surface area contributed by atoms with Crippen molar-refractivity contribution in [1.82, 2.24) is 20.3 Å². The van der Waals surface area contributed by atoms with Gasteiger partial charge in [-0.2, -0.15) is 0 Å². The summed E-state index contributed by atoms with van der Waals surface area (Å²) < 4.78 is 6.05. The fourth-order valence-corrected chi connectivity index (χ4v) is 4.24. The topological polar surface area (TPSA) is 102 Å². The average molecular weight is 480 g/mol. The second kappa shape index (κ2) is 10.5. The van der Waals surface area contributed by atoms with Gasteiger partial charge in [0.25, 0.3) is 0 Å². The Bertz CT molecular complexity index is 1390. The first-order chi connectivity index (χ1) is 17.7. The largest absolute Gasteiger partial charge is 0.486 e. The second-order valence-electron chi connectivity index (χ2n) is 8.63. The highest BCUT2D eigenvalue weighted by molar-refractivity contribution is 6.18. The van der Waals surface area contributed by atoms with E-state index in [1.165, 1.54) is 0 Å². The predicted molar refractivity (Wildman–Crippen MR) is 145 cm³/mol. The molecule has 2 aromatic heterocycles. The molecule has 0 aliphatic carbocycles. The van der Waals surface area contributed by atoms with Gasteiger partial charge in [-0.1, -0.05) is 12.1 Å². The molecule has 3 heterocycles. The van der Waals surface area contributed by atoms with E-state index in [-0.39, 0.29) is 6.61 Å². The lowest BCUT2D eigenvalue weighted by molar-refractivity contribution is 0.296. The summed E-state index contributed by atoms with van der Waals surface area (Å²) in [5.74, 6) is 2.33. The number of nitrogens with zero attached hydrogens (tertiary/aromatic N) is 5. The summed E-state index contributed by atoms with van der Waals surface area (Å²) in [6.07, 6.45) is 5.25. The number of anilines is 1. The monoisotopic (exact) mass is 479 g/mol. The van der Waals surface area contributed by atoms with Crippen LogP contribution in [0.25, 0.3) is 22.2 Å². The van der Waals surface area contributed by atoms with Crippen LogP contribution in [0.5, 0.6) is 5.75 Å². The summed E-state index contributed by atoms with van der Waals surface area (Å²) in [7, 11) is 3.72. The van der Waals surface area contributed by atoms with Crippen molar-refractivity contribution in [2.24, 2.45) is 10.7 Å². The Balaban J connectivity index is 1.34. The molecule has 4 aromatic rings. The van der Waals surface area contributed by atoms with Crippen LogP contribution in [0.1, 0.15) is 17.0 Å². The number of aromatic nitrogens is 3. The van der Waals surface area contributed by atoms with Crippen LogP contribution < -0.4 is 20.7 Å². The van der Waals surface area contributed by atoms with E-state index in [4.69, 9.17) is 20.4 Å². The number of likely N-dealkylation sites (N-methyl/N-ethyl adjacent to an activating group) is 1. The van der Waals surface area contributed by atoms with Crippen molar-refractivity contribution in [2.75, 3.05) is 32.1 Å². The summed E-state index contributed by atoms with van der Waals surface area (Å²) in [6.45, 7) is 2.13. The maximum absolute atomic E-state index is 6.51. The van der Waals surface area contributed by atoms with E-state index in [1.54, 1.807) is 25.7 Å². The van der Waals surface area contributed by atoms with E-state index < -0.39 is 0 Å². The van der Waals surface area contributed by atoms with E-state index in [9.17, 15) is 0 Å². The second-order valence-corrected chi connectivity index (χ2v) is 8.63. The predicted octanol–water partition coefficient (Wildman–Crippen LogP) is 3.54. The van der Waals surface area contributed by atoms with Gasteiger partial charge >= 0.3 is 0 Å². The highest BCUT2D eigenvalue weighted by atomic mass is 16.5. The molecule has 0 amide bonds. The Morgan fingerprint density at radius 3 is 2.53 bits per heavy atom. The van der Waals surface area contributed by atoms with Gasteiger partial charge in [-0.25, -0.2) is 9.97 Å². The molecule has 182 valence electrons. The molecule has 8 heteroatoms. The van der Waals surface area contributed by atoms with Gasteiger partial charge in [0, 0.05) is 61.4 Å². The molecule has 0 bridgehead atoms. The highest BCUT2D eigenvalue weighted by Gasteiger charge is 2.28. The lowest BCUT2D eigenvalue weighted by Gasteiger charge is -2.40. The van der Waals surface area contributed by atoms with Crippen molar-refractivity contribution < 1.29 is 4.74 Å². The highest BCUT2D eigenvalue weighted by Crippen LogP contribution is 2.28. The maximum Gasteiger partial charge on any atom is 0.168 e. The average Bonchev–Trinajstić information content (AvgIpc) is 2.90. The van der Waals surface area contributed by atoms with Crippen molar-refractivity contribution in [1.29, 1.82) is 0 Å². The van der Waals surface area contributed by atoms with Gasteiger partial charge in [-0.05, 0) is 66.7 Å². The number of hydrogen-bond donors (Lipinski definition) is 2. The lowest BCUT2D eigenvalue weighted by atomic mass is 10.0. The number of nitrogens with two attached hydrogens (primary N) is 1. The van der Waals surface area contributed by atoms with Gasteiger partial charge in [-0.3, -0.25) is 9.98 Å². The normalized spacial score (nSPS) is 14.7. The van der Waals surface area contributed by atoms with Crippen molar-refractivity contribution in [3.05, 3.63) is 90.0 Å². The number of para-hydroxylation sites is 1. The van der Waals surface area contributed by atoms with Crippen molar-refractivity contribution in [3.8, 4) is 5.75 Å². The molecule has 2 aromatic carbocycles. The van der Waals surface area contributed by atoms with Crippen LogP contribution in [0.3, 0.4) is 0 Å². The van der Waals surface area contributed by atoms with Gasteiger partial charge in [-0.15, -0.1) is 0 Å². The summed E-state index contributed by atoms with van der Waals surface area (Å²) >= 11 is 0. The van der Waals surface area contributed by atoms with Crippen molar-refractivity contribution >= 4 is 34.2 Å². The minimum atomic E-state index is 0.274. The lowest BCUT2D eigenvalue weighted by Crippen LogP contribution is -2.57. The van der Waals surface area contributed by atoms with Crippen molar-refractivity contribution in [2.45, 2.75) is 12.6 Å². The van der Waals surface area contributed by atoms with Crippen LogP contribution in [0.15, 0.2) is 78.0 Å². The molecule has 1 aliphatic rings. The molecule has 0 saturated carbocycles. The van der Waals surface area contributed by atoms with Crippen LogP contribution in [0, 0.1) is 0 Å². The summed E-state index contributed by atoms with van der Waals surface area (Å²) in [5.41, 5.74) is 10.7. The fourth-order valence-electron chi connectivity index (χ4n) is 4.24. The Morgan fingerprint density at radius 1 is 1.06 bits per heavy atom. The molecule has 0 spiro atoms. The first-order valence-corrected chi connectivity index (χ1v) is 11.9. The molecule has 1 fully saturated rings. The van der Waals surface area contributed by atoms with Gasteiger partial charge in [0.05, 0.1) is 5.52 Å². The van der Waals surface area contributed by atoms with Crippen LogP contribution >= 0.6 is 0 Å². The number of allylic oxidation sites excluding steroid dienone is 1. The van der Waals surface area contributed by atoms with Gasteiger partial charge in [0.1, 0.15) is 18.2 Å². The van der Waals surface area contributed by atoms with Crippen LogP contribution in [0.2, 0.25) is 0 Å². The molecule has 8 nitrogen and oxygen atoms in total. The molecule has 5 rings (SSSR count). The fraction of sp³-hybridized carbons (Fsp3) is 0.214. The number of aliphatic imine (C=N–C) groups is 1. The molecule has 0 radical (unpaired) electrons.